The minimum absolute atomic E-state index is 0.0259. The monoisotopic (exact) mass is 310 g/mol. The van der Waals surface area contributed by atoms with Crippen molar-refractivity contribution in [2.45, 2.75) is 25.2 Å². The number of hydrogen-bond acceptors (Lipinski definition) is 5. The van der Waals surface area contributed by atoms with Gasteiger partial charge in [-0.3, -0.25) is 0 Å². The van der Waals surface area contributed by atoms with Crippen LogP contribution in [0.15, 0.2) is 23.1 Å². The van der Waals surface area contributed by atoms with Gasteiger partial charge in [-0.1, -0.05) is 13.8 Å². The molecule has 0 aliphatic carbocycles. The summed E-state index contributed by atoms with van der Waals surface area (Å²) in [5, 5.41) is 9.01. The molecule has 3 N–H and O–H groups in total. The molecule has 0 heterocycles. The van der Waals surface area contributed by atoms with Crippen molar-refractivity contribution >= 4 is 15.7 Å². The summed E-state index contributed by atoms with van der Waals surface area (Å²) in [5.74, 6) is 0. The van der Waals surface area contributed by atoms with Gasteiger partial charge in [0.2, 0.25) is 10.0 Å². The zero-order valence-electron chi connectivity index (χ0n) is 12.5. The van der Waals surface area contributed by atoms with Gasteiger partial charge in [-0.25, -0.2) is 13.1 Å². The summed E-state index contributed by atoms with van der Waals surface area (Å²) in [7, 11) is -3.68. The molecule has 0 unspecified atom stereocenters. The maximum Gasteiger partial charge on any atom is 0.241 e. The first-order valence-corrected chi connectivity index (χ1v) is 8.44. The predicted molar refractivity (Wildman–Crippen MR) is 83.2 cm³/mol. The third-order valence-electron chi connectivity index (χ3n) is 3.25. The van der Waals surface area contributed by atoms with Crippen LogP contribution in [-0.2, 0) is 10.0 Å². The quantitative estimate of drug-likeness (QED) is 0.554. The standard InChI is InChI=1S/C14H22N4O2S/c1-3-18(4-2)9-5-8-17-21(19,20)14-7-6-13(16)10-12(14)11-15/h6-7,10,17H,3-5,8-9,16H2,1-2H3. The van der Waals surface area contributed by atoms with Gasteiger partial charge in [-0.05, 0) is 44.3 Å². The molecule has 0 spiro atoms. The Balaban J connectivity index is 2.69. The highest BCUT2D eigenvalue weighted by molar-refractivity contribution is 7.89. The lowest BCUT2D eigenvalue weighted by Gasteiger charge is -2.17. The molecule has 21 heavy (non-hydrogen) atoms. The summed E-state index contributed by atoms with van der Waals surface area (Å²) >= 11 is 0. The lowest BCUT2D eigenvalue weighted by Crippen LogP contribution is -2.30. The second-order valence-corrected chi connectivity index (χ2v) is 6.38. The van der Waals surface area contributed by atoms with E-state index in [4.69, 9.17) is 11.0 Å². The van der Waals surface area contributed by atoms with Crippen LogP contribution in [0.2, 0.25) is 0 Å². The van der Waals surface area contributed by atoms with Crippen LogP contribution in [-0.4, -0.2) is 39.5 Å². The number of anilines is 1. The smallest absolute Gasteiger partial charge is 0.241 e. The van der Waals surface area contributed by atoms with Crippen LogP contribution in [0, 0.1) is 11.3 Å². The molecule has 1 aromatic carbocycles. The molecule has 0 fully saturated rings. The van der Waals surface area contributed by atoms with Crippen molar-refractivity contribution < 1.29 is 8.42 Å². The van der Waals surface area contributed by atoms with Crippen molar-refractivity contribution in [1.82, 2.24) is 9.62 Å². The average molecular weight is 310 g/mol. The number of rotatable bonds is 8. The molecule has 7 heteroatoms. The molecule has 1 aromatic rings. The Morgan fingerprint density at radius 2 is 2.00 bits per heavy atom. The van der Waals surface area contributed by atoms with Gasteiger partial charge >= 0.3 is 0 Å². The number of nitrogens with one attached hydrogen (secondary N) is 1. The van der Waals surface area contributed by atoms with Crippen LogP contribution in [0.5, 0.6) is 0 Å². The second kappa shape index (κ2) is 7.98. The number of nitrogens with two attached hydrogens (primary N) is 1. The molecule has 0 saturated carbocycles. The van der Waals surface area contributed by atoms with Gasteiger partial charge in [0.15, 0.2) is 0 Å². The van der Waals surface area contributed by atoms with Gasteiger partial charge in [0.05, 0.1) is 10.5 Å². The van der Waals surface area contributed by atoms with E-state index >= 15 is 0 Å². The van der Waals surface area contributed by atoms with E-state index in [0.29, 0.717) is 12.2 Å². The lowest BCUT2D eigenvalue weighted by molar-refractivity contribution is 0.300. The van der Waals surface area contributed by atoms with E-state index in [1.165, 1.54) is 18.2 Å². The fourth-order valence-corrected chi connectivity index (χ4v) is 3.21. The highest BCUT2D eigenvalue weighted by Crippen LogP contribution is 2.17. The zero-order chi connectivity index (χ0) is 15.9. The highest BCUT2D eigenvalue weighted by Gasteiger charge is 2.18. The van der Waals surface area contributed by atoms with Crippen molar-refractivity contribution in [2.24, 2.45) is 0 Å². The average Bonchev–Trinajstić information content (AvgIpc) is 2.47. The number of sulfonamides is 1. The first kappa shape index (κ1) is 17.4. The van der Waals surface area contributed by atoms with Gasteiger partial charge < -0.3 is 10.6 Å². The Labute approximate surface area is 126 Å². The van der Waals surface area contributed by atoms with Gasteiger partial charge in [-0.15, -0.1) is 0 Å². The maximum absolute atomic E-state index is 12.2. The molecule has 1 rings (SSSR count). The molecular weight excluding hydrogens is 288 g/mol. The van der Waals surface area contributed by atoms with Crippen LogP contribution in [0.3, 0.4) is 0 Å². The van der Waals surface area contributed by atoms with E-state index in [-0.39, 0.29) is 10.5 Å². The minimum atomic E-state index is -3.68. The third kappa shape index (κ3) is 5.01. The van der Waals surface area contributed by atoms with Crippen molar-refractivity contribution in [3.05, 3.63) is 23.8 Å². The zero-order valence-corrected chi connectivity index (χ0v) is 13.3. The van der Waals surface area contributed by atoms with Crippen LogP contribution in [0.1, 0.15) is 25.8 Å². The van der Waals surface area contributed by atoms with E-state index in [2.05, 4.69) is 23.5 Å². The molecule has 0 radical (unpaired) electrons. The van der Waals surface area contributed by atoms with E-state index in [1.807, 2.05) is 6.07 Å². The molecule has 0 aliphatic heterocycles. The number of nitriles is 1. The molecule has 0 saturated heterocycles. The van der Waals surface area contributed by atoms with Crippen LogP contribution < -0.4 is 10.5 Å². The van der Waals surface area contributed by atoms with E-state index < -0.39 is 10.0 Å². The van der Waals surface area contributed by atoms with Crippen molar-refractivity contribution in [3.8, 4) is 6.07 Å². The van der Waals surface area contributed by atoms with Gasteiger partial charge in [0.25, 0.3) is 0 Å². The summed E-state index contributed by atoms with van der Waals surface area (Å²) < 4.78 is 26.9. The Hall–Kier alpha value is -1.62. The Morgan fingerprint density at radius 3 is 2.57 bits per heavy atom. The number of nitrogen functional groups attached to an aromatic ring is 1. The third-order valence-corrected chi connectivity index (χ3v) is 4.77. The molecule has 0 bridgehead atoms. The largest absolute Gasteiger partial charge is 0.399 e. The summed E-state index contributed by atoms with van der Waals surface area (Å²) in [6, 6.07) is 6.07. The lowest BCUT2D eigenvalue weighted by atomic mass is 10.2. The van der Waals surface area contributed by atoms with Crippen molar-refractivity contribution in [1.29, 1.82) is 5.26 Å². The summed E-state index contributed by atoms with van der Waals surface area (Å²) in [5.41, 5.74) is 5.99. The molecular formula is C14H22N4O2S. The fourth-order valence-electron chi connectivity index (χ4n) is 2.00. The first-order valence-electron chi connectivity index (χ1n) is 6.96. The van der Waals surface area contributed by atoms with Crippen LogP contribution in [0.4, 0.5) is 5.69 Å². The Kier molecular flexibility index (Phi) is 6.62. The molecule has 0 amide bonds. The summed E-state index contributed by atoms with van der Waals surface area (Å²) in [4.78, 5) is 2.19. The number of nitrogens with zero attached hydrogens (tertiary/aromatic N) is 2. The SMILES string of the molecule is CCN(CC)CCCNS(=O)(=O)c1ccc(N)cc1C#N. The highest BCUT2D eigenvalue weighted by atomic mass is 32.2. The minimum Gasteiger partial charge on any atom is -0.399 e. The predicted octanol–water partition coefficient (Wildman–Crippen LogP) is 1.15. The number of benzene rings is 1. The summed E-state index contributed by atoms with van der Waals surface area (Å²) in [6.45, 7) is 7.21. The molecule has 6 nitrogen and oxygen atoms in total. The van der Waals surface area contributed by atoms with Crippen molar-refractivity contribution in [2.75, 3.05) is 31.9 Å². The van der Waals surface area contributed by atoms with Crippen LogP contribution in [0.25, 0.3) is 0 Å². The molecule has 0 aliphatic rings. The van der Waals surface area contributed by atoms with E-state index in [1.54, 1.807) is 0 Å². The van der Waals surface area contributed by atoms with Gasteiger partial charge in [0.1, 0.15) is 6.07 Å². The normalized spacial score (nSPS) is 11.5. The Bertz CT molecular complexity index is 604. The van der Waals surface area contributed by atoms with Crippen LogP contribution >= 0.6 is 0 Å². The molecule has 0 aromatic heterocycles. The van der Waals surface area contributed by atoms with Gasteiger partial charge in [-0.2, -0.15) is 5.26 Å². The second-order valence-electron chi connectivity index (χ2n) is 4.65. The summed E-state index contributed by atoms with van der Waals surface area (Å²) in [6.07, 6.45) is 0.720. The fraction of sp³-hybridized carbons (Fsp3) is 0.500. The van der Waals surface area contributed by atoms with Gasteiger partial charge in [0, 0.05) is 12.2 Å². The maximum atomic E-state index is 12.2. The van der Waals surface area contributed by atoms with E-state index in [9.17, 15) is 8.42 Å². The Morgan fingerprint density at radius 1 is 1.33 bits per heavy atom. The number of hydrogen-bond donors (Lipinski definition) is 2. The first-order chi connectivity index (χ1) is 9.94. The van der Waals surface area contributed by atoms with E-state index in [0.717, 1.165) is 26.1 Å². The molecule has 116 valence electrons. The topological polar surface area (TPSA) is 99.2 Å². The van der Waals surface area contributed by atoms with Crippen molar-refractivity contribution in [3.63, 3.8) is 0 Å². The molecule has 0 atom stereocenters.